The second-order valence-electron chi connectivity index (χ2n) is 8.59. The van der Waals surface area contributed by atoms with Gasteiger partial charge in [0.1, 0.15) is 0 Å². The predicted octanol–water partition coefficient (Wildman–Crippen LogP) is 6.52. The Balaban J connectivity index is 1.74. The van der Waals surface area contributed by atoms with Gasteiger partial charge in [0.25, 0.3) is 0 Å². The summed E-state index contributed by atoms with van der Waals surface area (Å²) < 4.78 is 0. The number of rotatable bonds is 2. The lowest BCUT2D eigenvalue weighted by atomic mass is 9.62. The van der Waals surface area contributed by atoms with E-state index in [1.54, 1.807) is 16.7 Å². The lowest BCUT2D eigenvalue weighted by Crippen LogP contribution is -2.35. The minimum absolute atomic E-state index is 0.462. The molecule has 0 N–H and O–H groups in total. The van der Waals surface area contributed by atoms with Crippen LogP contribution in [0.3, 0.4) is 0 Å². The third kappa shape index (κ3) is 1.92. The zero-order valence-electron chi connectivity index (χ0n) is 15.0. The Morgan fingerprint density at radius 3 is 2.88 bits per heavy atom. The number of benzene rings is 2. The number of aryl methyl sites for hydroxylation is 1. The fourth-order valence-corrected chi connectivity index (χ4v) is 6.00. The predicted molar refractivity (Wildman–Crippen MR) is 103 cm³/mol. The van der Waals surface area contributed by atoms with Crippen molar-refractivity contribution in [2.45, 2.75) is 63.7 Å². The van der Waals surface area contributed by atoms with Crippen LogP contribution in [0.5, 0.6) is 0 Å². The van der Waals surface area contributed by atoms with Crippen molar-refractivity contribution in [2.75, 3.05) is 0 Å². The van der Waals surface area contributed by atoms with Crippen LogP contribution in [0, 0.1) is 11.8 Å². The van der Waals surface area contributed by atoms with Crippen molar-refractivity contribution >= 4 is 10.8 Å². The van der Waals surface area contributed by atoms with E-state index in [0.29, 0.717) is 11.3 Å². The minimum atomic E-state index is 0.462. The summed E-state index contributed by atoms with van der Waals surface area (Å²) in [4.78, 5) is 0. The lowest BCUT2D eigenvalue weighted by Gasteiger charge is -2.41. The standard InChI is InChI=1S/C24H28/c1-3-16(2)21-8-4-6-18-13-19-7-5-11-24(23(19)14-22(18)21)15-17-9-10-20(24)12-17/h4,6,8-10,13-14,16-17,20H,3,5,7,11-12,15H2,1-2H3. The van der Waals surface area contributed by atoms with Gasteiger partial charge in [-0.1, -0.05) is 56.3 Å². The summed E-state index contributed by atoms with van der Waals surface area (Å²) in [5.74, 6) is 2.29. The SMILES string of the molecule is CCC(C)c1cccc2cc3c(cc12)C1(CCC3)CC2C=CC1C2. The van der Waals surface area contributed by atoms with Crippen LogP contribution >= 0.6 is 0 Å². The van der Waals surface area contributed by atoms with Crippen molar-refractivity contribution in [3.63, 3.8) is 0 Å². The molecule has 1 spiro atoms. The third-order valence-electron chi connectivity index (χ3n) is 7.40. The molecule has 1 fully saturated rings. The van der Waals surface area contributed by atoms with Crippen molar-refractivity contribution in [3.05, 3.63) is 59.2 Å². The van der Waals surface area contributed by atoms with Gasteiger partial charge in [-0.2, -0.15) is 0 Å². The maximum absolute atomic E-state index is 2.62. The Bertz CT molecular complexity index is 827. The van der Waals surface area contributed by atoms with E-state index in [9.17, 15) is 0 Å². The van der Waals surface area contributed by atoms with Gasteiger partial charge in [0, 0.05) is 5.41 Å². The van der Waals surface area contributed by atoms with Crippen molar-refractivity contribution in [3.8, 4) is 0 Å². The summed E-state index contributed by atoms with van der Waals surface area (Å²) in [7, 11) is 0. The van der Waals surface area contributed by atoms with Gasteiger partial charge in [0.15, 0.2) is 0 Å². The molecule has 24 heavy (non-hydrogen) atoms. The van der Waals surface area contributed by atoms with E-state index in [4.69, 9.17) is 0 Å². The Morgan fingerprint density at radius 1 is 1.21 bits per heavy atom. The molecular weight excluding hydrogens is 288 g/mol. The molecule has 0 amide bonds. The van der Waals surface area contributed by atoms with E-state index in [0.717, 1.165) is 11.8 Å². The summed E-state index contributed by atoms with van der Waals surface area (Å²) in [6.07, 6.45) is 13.1. The second kappa shape index (κ2) is 5.22. The number of fused-ring (bicyclic) bond motifs is 6. The monoisotopic (exact) mass is 316 g/mol. The maximum atomic E-state index is 2.62. The van der Waals surface area contributed by atoms with E-state index in [1.807, 2.05) is 0 Å². The first kappa shape index (κ1) is 14.8. The largest absolute Gasteiger partial charge is 0.0851 e. The first-order valence-electron chi connectivity index (χ1n) is 9.95. The summed E-state index contributed by atoms with van der Waals surface area (Å²) in [6, 6.07) is 12.1. The zero-order valence-corrected chi connectivity index (χ0v) is 15.0. The fourth-order valence-electron chi connectivity index (χ4n) is 6.00. The molecule has 0 saturated heterocycles. The first-order chi connectivity index (χ1) is 11.7. The Hall–Kier alpha value is -1.56. The van der Waals surface area contributed by atoms with Crippen LogP contribution < -0.4 is 0 Å². The minimum Gasteiger partial charge on any atom is -0.0851 e. The van der Waals surface area contributed by atoms with Gasteiger partial charge < -0.3 is 0 Å². The molecule has 3 aliphatic carbocycles. The van der Waals surface area contributed by atoms with Crippen LogP contribution in [-0.2, 0) is 11.8 Å². The maximum Gasteiger partial charge on any atom is 0.00246 e. The second-order valence-corrected chi connectivity index (χ2v) is 8.59. The van der Waals surface area contributed by atoms with E-state index in [2.05, 4.69) is 56.3 Å². The van der Waals surface area contributed by atoms with Crippen molar-refractivity contribution in [2.24, 2.45) is 11.8 Å². The third-order valence-corrected chi connectivity index (χ3v) is 7.40. The summed E-state index contributed by atoms with van der Waals surface area (Å²) in [5.41, 5.74) is 5.38. The molecule has 4 atom stereocenters. The highest BCUT2D eigenvalue weighted by atomic mass is 14.5. The summed E-state index contributed by atoms with van der Waals surface area (Å²) in [5, 5.41) is 2.99. The van der Waals surface area contributed by atoms with E-state index < -0.39 is 0 Å². The molecule has 0 aliphatic heterocycles. The van der Waals surface area contributed by atoms with Crippen LogP contribution in [0.2, 0.25) is 0 Å². The van der Waals surface area contributed by atoms with Crippen molar-refractivity contribution in [1.82, 2.24) is 0 Å². The molecule has 1 saturated carbocycles. The molecule has 3 aliphatic rings. The first-order valence-corrected chi connectivity index (χ1v) is 9.95. The Morgan fingerprint density at radius 2 is 2.12 bits per heavy atom. The topological polar surface area (TPSA) is 0 Å². The summed E-state index contributed by atoms with van der Waals surface area (Å²) >= 11 is 0. The number of hydrogen-bond donors (Lipinski definition) is 0. The molecule has 2 aromatic rings. The van der Waals surface area contributed by atoms with Gasteiger partial charge in [0.05, 0.1) is 0 Å². The van der Waals surface area contributed by atoms with E-state index in [-0.39, 0.29) is 0 Å². The van der Waals surface area contributed by atoms with E-state index in [1.165, 1.54) is 49.3 Å². The molecular formula is C24H28. The quantitative estimate of drug-likeness (QED) is 0.553. The Kier molecular flexibility index (Phi) is 3.21. The molecule has 0 radical (unpaired) electrons. The Labute approximate surface area is 146 Å². The van der Waals surface area contributed by atoms with Gasteiger partial charge in [-0.15, -0.1) is 0 Å². The van der Waals surface area contributed by atoms with Crippen molar-refractivity contribution < 1.29 is 0 Å². The molecule has 0 aromatic heterocycles. The zero-order chi connectivity index (χ0) is 16.3. The average molecular weight is 316 g/mol. The molecule has 2 aromatic carbocycles. The van der Waals surface area contributed by atoms with Crippen LogP contribution in [0.1, 0.15) is 68.6 Å². The average Bonchev–Trinajstić information content (AvgIpc) is 3.21. The molecule has 5 rings (SSSR count). The number of allylic oxidation sites excluding steroid dienone is 2. The van der Waals surface area contributed by atoms with Gasteiger partial charge in [0.2, 0.25) is 0 Å². The number of hydrogen-bond acceptors (Lipinski definition) is 0. The van der Waals surface area contributed by atoms with Gasteiger partial charge in [-0.05, 0) is 83.7 Å². The highest BCUT2D eigenvalue weighted by Crippen LogP contribution is 2.58. The van der Waals surface area contributed by atoms with Crippen LogP contribution in [0.4, 0.5) is 0 Å². The van der Waals surface area contributed by atoms with Crippen molar-refractivity contribution in [1.29, 1.82) is 0 Å². The molecule has 0 heteroatoms. The molecule has 0 nitrogen and oxygen atoms in total. The fraction of sp³-hybridized carbons (Fsp3) is 0.500. The van der Waals surface area contributed by atoms with Gasteiger partial charge in [-0.3, -0.25) is 0 Å². The highest BCUT2D eigenvalue weighted by Gasteiger charge is 2.50. The molecule has 0 heterocycles. The molecule has 124 valence electrons. The normalized spacial score (nSPS) is 31.8. The van der Waals surface area contributed by atoms with Crippen LogP contribution in [0.15, 0.2) is 42.5 Å². The van der Waals surface area contributed by atoms with Gasteiger partial charge in [-0.25, -0.2) is 0 Å². The van der Waals surface area contributed by atoms with Crippen LogP contribution in [-0.4, -0.2) is 0 Å². The lowest BCUT2D eigenvalue weighted by molar-refractivity contribution is 0.304. The van der Waals surface area contributed by atoms with Gasteiger partial charge >= 0.3 is 0 Å². The molecule has 2 bridgehead atoms. The summed E-state index contributed by atoms with van der Waals surface area (Å²) in [6.45, 7) is 4.69. The van der Waals surface area contributed by atoms with Crippen LogP contribution in [0.25, 0.3) is 10.8 Å². The molecule has 4 unspecified atom stereocenters. The van der Waals surface area contributed by atoms with E-state index >= 15 is 0 Å². The smallest absolute Gasteiger partial charge is 0.00246 e. The highest BCUT2D eigenvalue weighted by molar-refractivity contribution is 5.88.